The Balaban J connectivity index is 1.79. The largest absolute Gasteiger partial charge is 0.435 e. The zero-order chi connectivity index (χ0) is 20.6. The van der Waals surface area contributed by atoms with Gasteiger partial charge in [0, 0.05) is 22.1 Å². The van der Waals surface area contributed by atoms with Gasteiger partial charge in [-0.1, -0.05) is 34.1 Å². The Morgan fingerprint density at radius 2 is 1.59 bits per heavy atom. The fourth-order valence-corrected chi connectivity index (χ4v) is 3.26. The molecule has 1 aliphatic rings. The van der Waals surface area contributed by atoms with E-state index >= 15 is 0 Å². The third-order valence-electron chi connectivity index (χ3n) is 4.32. The number of nitrogens with zero attached hydrogens (tertiary/aromatic N) is 3. The van der Waals surface area contributed by atoms with Crippen molar-refractivity contribution < 1.29 is 18.0 Å². The minimum atomic E-state index is -4.76. The maximum Gasteiger partial charge on any atom is 0.435 e. The number of halogens is 4. The summed E-state index contributed by atoms with van der Waals surface area (Å²) in [5.41, 5.74) is -0.261. The van der Waals surface area contributed by atoms with Gasteiger partial charge in [-0.05, 0) is 54.6 Å². The van der Waals surface area contributed by atoms with Crippen LogP contribution in [0.4, 0.5) is 18.9 Å². The minimum absolute atomic E-state index is 0.269. The van der Waals surface area contributed by atoms with Crippen LogP contribution in [0.1, 0.15) is 5.69 Å². The number of benzene rings is 2. The molecule has 0 bridgehead atoms. The average molecular weight is 460 g/mol. The summed E-state index contributed by atoms with van der Waals surface area (Å²) in [4.78, 5) is 12.8. The van der Waals surface area contributed by atoms with Gasteiger partial charge in [0.25, 0.3) is 5.91 Å². The molecule has 0 saturated heterocycles. The molecule has 4 nitrogen and oxygen atoms in total. The van der Waals surface area contributed by atoms with E-state index in [1.807, 2.05) is 24.3 Å². The van der Waals surface area contributed by atoms with Crippen LogP contribution in [0.5, 0.6) is 0 Å². The summed E-state index contributed by atoms with van der Waals surface area (Å²) >= 11 is 3.35. The first-order valence-corrected chi connectivity index (χ1v) is 9.34. The summed E-state index contributed by atoms with van der Waals surface area (Å²) in [6.45, 7) is 0. The molecular formula is C21H13BrF3N3O. The molecule has 1 aromatic heterocycles. The highest BCUT2D eigenvalue weighted by molar-refractivity contribution is 9.10. The molecule has 0 aliphatic carbocycles. The first-order valence-electron chi connectivity index (χ1n) is 8.55. The van der Waals surface area contributed by atoms with Gasteiger partial charge in [0.05, 0.1) is 11.3 Å². The molecular weight excluding hydrogens is 447 g/mol. The predicted molar refractivity (Wildman–Crippen MR) is 109 cm³/mol. The SMILES string of the molecule is O=C1/C(=C\c2cccn2-c2ccc(Br)cc2)C(C(F)(F)F)=NN1c1ccccc1. The number of para-hydroxylation sites is 1. The third kappa shape index (κ3) is 3.75. The Bertz CT molecular complexity index is 1120. The number of amides is 1. The zero-order valence-corrected chi connectivity index (χ0v) is 16.4. The van der Waals surface area contributed by atoms with Gasteiger partial charge in [0.1, 0.15) is 0 Å². The number of hydrogen-bond acceptors (Lipinski definition) is 2. The lowest BCUT2D eigenvalue weighted by Crippen LogP contribution is -2.25. The first kappa shape index (κ1) is 19.2. The molecule has 3 aromatic rings. The van der Waals surface area contributed by atoms with E-state index in [2.05, 4.69) is 21.0 Å². The molecule has 1 amide bonds. The molecule has 0 unspecified atom stereocenters. The molecule has 1 aliphatic heterocycles. The second-order valence-electron chi connectivity index (χ2n) is 6.24. The van der Waals surface area contributed by atoms with Gasteiger partial charge >= 0.3 is 6.18 Å². The van der Waals surface area contributed by atoms with E-state index in [9.17, 15) is 18.0 Å². The van der Waals surface area contributed by atoms with Crippen molar-refractivity contribution in [3.8, 4) is 5.69 Å². The lowest BCUT2D eigenvalue weighted by molar-refractivity contribution is -0.114. The van der Waals surface area contributed by atoms with E-state index in [4.69, 9.17) is 0 Å². The Labute approximate surface area is 172 Å². The molecule has 146 valence electrons. The number of rotatable bonds is 3. The van der Waals surface area contributed by atoms with Crippen LogP contribution in [0.15, 0.2) is 88.1 Å². The summed E-state index contributed by atoms with van der Waals surface area (Å²) in [7, 11) is 0. The van der Waals surface area contributed by atoms with Crippen LogP contribution in [0.3, 0.4) is 0 Å². The summed E-state index contributed by atoms with van der Waals surface area (Å²) in [5.74, 6) is -0.827. The van der Waals surface area contributed by atoms with Crippen molar-refractivity contribution in [2.24, 2.45) is 5.10 Å². The first-order chi connectivity index (χ1) is 13.8. The van der Waals surface area contributed by atoms with Crippen LogP contribution in [-0.4, -0.2) is 22.4 Å². The van der Waals surface area contributed by atoms with Gasteiger partial charge in [-0.25, -0.2) is 0 Å². The van der Waals surface area contributed by atoms with Gasteiger partial charge < -0.3 is 4.57 Å². The normalized spacial score (nSPS) is 15.9. The fourth-order valence-electron chi connectivity index (χ4n) is 2.99. The van der Waals surface area contributed by atoms with Gasteiger partial charge in [-0.2, -0.15) is 23.3 Å². The van der Waals surface area contributed by atoms with Gasteiger partial charge in [0.2, 0.25) is 0 Å². The fraction of sp³-hybridized carbons (Fsp3) is 0.0476. The van der Waals surface area contributed by atoms with Gasteiger partial charge in [-0.3, -0.25) is 4.79 Å². The number of carbonyl (C=O) groups excluding carboxylic acids is 1. The second kappa shape index (κ2) is 7.36. The maximum atomic E-state index is 13.6. The topological polar surface area (TPSA) is 37.6 Å². The molecule has 0 fully saturated rings. The molecule has 0 atom stereocenters. The number of aromatic nitrogens is 1. The van der Waals surface area contributed by atoms with Crippen molar-refractivity contribution in [3.05, 3.63) is 88.7 Å². The smallest absolute Gasteiger partial charge is 0.317 e. The molecule has 4 rings (SSSR count). The van der Waals surface area contributed by atoms with E-state index in [-0.39, 0.29) is 5.69 Å². The molecule has 0 saturated carbocycles. The summed E-state index contributed by atoms with van der Waals surface area (Å²) in [6.07, 6.45) is -1.83. The predicted octanol–water partition coefficient (Wildman–Crippen LogP) is 5.59. The van der Waals surface area contributed by atoms with Crippen LogP contribution < -0.4 is 5.01 Å². The summed E-state index contributed by atoms with van der Waals surface area (Å²) in [5, 5.41) is 4.36. The molecule has 0 radical (unpaired) electrons. The van der Waals surface area contributed by atoms with Crippen LogP contribution in [0.2, 0.25) is 0 Å². The number of alkyl halides is 3. The molecule has 29 heavy (non-hydrogen) atoms. The zero-order valence-electron chi connectivity index (χ0n) is 14.8. The Morgan fingerprint density at radius 3 is 2.24 bits per heavy atom. The number of hydrazone groups is 1. The lowest BCUT2D eigenvalue weighted by atomic mass is 10.1. The highest BCUT2D eigenvalue weighted by Crippen LogP contribution is 2.32. The van der Waals surface area contributed by atoms with Crippen molar-refractivity contribution in [3.63, 3.8) is 0 Å². The minimum Gasteiger partial charge on any atom is -0.317 e. The highest BCUT2D eigenvalue weighted by atomic mass is 79.9. The second-order valence-corrected chi connectivity index (χ2v) is 7.15. The Morgan fingerprint density at radius 1 is 0.897 bits per heavy atom. The number of carbonyl (C=O) groups is 1. The van der Waals surface area contributed by atoms with Gasteiger partial charge in [0.15, 0.2) is 5.71 Å². The van der Waals surface area contributed by atoms with E-state index < -0.39 is 23.4 Å². The Kier molecular flexibility index (Phi) is 4.87. The van der Waals surface area contributed by atoms with Crippen LogP contribution in [0.25, 0.3) is 11.8 Å². The number of anilines is 1. The van der Waals surface area contributed by atoms with Crippen molar-refractivity contribution in [2.45, 2.75) is 6.18 Å². The Hall–Kier alpha value is -3.13. The van der Waals surface area contributed by atoms with E-state index in [1.54, 1.807) is 41.1 Å². The van der Waals surface area contributed by atoms with Crippen molar-refractivity contribution in [2.75, 3.05) is 5.01 Å². The average Bonchev–Trinajstić information content (AvgIpc) is 3.28. The number of hydrogen-bond donors (Lipinski definition) is 0. The highest BCUT2D eigenvalue weighted by Gasteiger charge is 2.46. The van der Waals surface area contributed by atoms with Crippen LogP contribution >= 0.6 is 15.9 Å². The molecule has 2 aromatic carbocycles. The maximum absolute atomic E-state index is 13.6. The van der Waals surface area contributed by atoms with Crippen molar-refractivity contribution in [1.82, 2.24) is 4.57 Å². The molecule has 0 spiro atoms. The quantitative estimate of drug-likeness (QED) is 0.470. The van der Waals surface area contributed by atoms with E-state index in [1.165, 1.54) is 18.2 Å². The van der Waals surface area contributed by atoms with Crippen molar-refractivity contribution >= 4 is 39.3 Å². The molecule has 8 heteroatoms. The van der Waals surface area contributed by atoms with E-state index in [0.29, 0.717) is 5.69 Å². The van der Waals surface area contributed by atoms with Crippen LogP contribution in [-0.2, 0) is 4.79 Å². The van der Waals surface area contributed by atoms with E-state index in [0.717, 1.165) is 15.2 Å². The molecule has 0 N–H and O–H groups in total. The standard InChI is InChI=1S/C21H13BrF3N3O/c22-14-8-10-15(11-9-14)27-12-4-7-17(27)13-18-19(21(23,24)25)26-28(20(18)29)16-5-2-1-3-6-16/h1-13H/b18-13-. The van der Waals surface area contributed by atoms with Crippen LogP contribution in [0, 0.1) is 0 Å². The summed E-state index contributed by atoms with van der Waals surface area (Å²) < 4.78 is 43.4. The van der Waals surface area contributed by atoms with Crippen molar-refractivity contribution in [1.29, 1.82) is 0 Å². The third-order valence-corrected chi connectivity index (χ3v) is 4.85. The molecule has 2 heterocycles. The summed E-state index contributed by atoms with van der Waals surface area (Å²) in [6, 6.07) is 18.7. The van der Waals surface area contributed by atoms with Gasteiger partial charge in [-0.15, -0.1) is 0 Å². The monoisotopic (exact) mass is 459 g/mol. The lowest BCUT2D eigenvalue weighted by Gasteiger charge is -2.11.